The van der Waals surface area contributed by atoms with E-state index in [1.54, 1.807) is 0 Å². The average molecular weight is 220 g/mol. The Bertz CT molecular complexity index is 385. The van der Waals surface area contributed by atoms with Crippen molar-refractivity contribution in [2.24, 2.45) is 0 Å². The largest absolute Gasteiger partial charge is 0.508 e. The second kappa shape index (κ2) is 3.80. The van der Waals surface area contributed by atoms with Gasteiger partial charge in [-0.05, 0) is 17.7 Å². The van der Waals surface area contributed by atoms with Crippen LogP contribution in [0.5, 0.6) is 5.75 Å². The van der Waals surface area contributed by atoms with E-state index in [4.69, 9.17) is 10.2 Å². The molecule has 1 aromatic rings. The second-order valence-electron chi connectivity index (χ2n) is 2.94. The molecule has 82 valence electrons. The lowest BCUT2D eigenvalue weighted by atomic mass is 10.0. The number of carboxylic acids is 1. The van der Waals surface area contributed by atoms with Crippen LogP contribution in [0.3, 0.4) is 0 Å². The number of rotatable bonds is 2. The molecule has 0 unspecified atom stereocenters. The summed E-state index contributed by atoms with van der Waals surface area (Å²) in [7, 11) is 0. The van der Waals surface area contributed by atoms with Crippen LogP contribution >= 0.6 is 0 Å². The van der Waals surface area contributed by atoms with E-state index in [9.17, 15) is 18.0 Å². The summed E-state index contributed by atoms with van der Waals surface area (Å²) in [5.74, 6) is -1.87. The first kappa shape index (κ1) is 11.4. The molecule has 0 spiro atoms. The van der Waals surface area contributed by atoms with Crippen LogP contribution in [0.25, 0.3) is 0 Å². The fourth-order valence-corrected chi connectivity index (χ4v) is 1.13. The van der Waals surface area contributed by atoms with Gasteiger partial charge in [0.2, 0.25) is 0 Å². The second-order valence-corrected chi connectivity index (χ2v) is 2.94. The van der Waals surface area contributed by atoms with E-state index in [1.165, 1.54) is 0 Å². The minimum atomic E-state index is -4.47. The average Bonchev–Trinajstić information content (AvgIpc) is 2.05. The molecule has 15 heavy (non-hydrogen) atoms. The van der Waals surface area contributed by atoms with Crippen molar-refractivity contribution in [3.63, 3.8) is 0 Å². The number of carboxylic acid groups (broad SMARTS) is 1. The van der Waals surface area contributed by atoms with E-state index < -0.39 is 24.1 Å². The van der Waals surface area contributed by atoms with E-state index in [2.05, 4.69) is 0 Å². The van der Waals surface area contributed by atoms with Gasteiger partial charge in [0.25, 0.3) is 0 Å². The Kier molecular flexibility index (Phi) is 2.88. The third-order valence-corrected chi connectivity index (χ3v) is 1.71. The number of aromatic hydroxyl groups is 1. The lowest BCUT2D eigenvalue weighted by Crippen LogP contribution is -2.14. The summed E-state index contributed by atoms with van der Waals surface area (Å²) in [5.41, 5.74) is -0.903. The Hall–Kier alpha value is -1.72. The van der Waals surface area contributed by atoms with Crippen molar-refractivity contribution >= 4 is 5.97 Å². The van der Waals surface area contributed by atoms with Crippen LogP contribution in [0, 0.1) is 0 Å². The summed E-state index contributed by atoms with van der Waals surface area (Å²) in [6.07, 6.45) is -5.80. The lowest BCUT2D eigenvalue weighted by Gasteiger charge is -2.09. The number of hydrogen-bond acceptors (Lipinski definition) is 2. The third kappa shape index (κ3) is 3.16. The van der Waals surface area contributed by atoms with Crippen LogP contribution in [0.4, 0.5) is 13.2 Å². The number of phenols is 1. The van der Waals surface area contributed by atoms with Gasteiger partial charge in [-0.15, -0.1) is 0 Å². The molecule has 6 heteroatoms. The third-order valence-electron chi connectivity index (χ3n) is 1.71. The molecule has 0 heterocycles. The fraction of sp³-hybridized carbons (Fsp3) is 0.222. The highest BCUT2D eigenvalue weighted by Crippen LogP contribution is 2.25. The molecular weight excluding hydrogens is 213 g/mol. The maximum Gasteiger partial charge on any atom is 0.393 e. The Morgan fingerprint density at radius 3 is 2.40 bits per heavy atom. The van der Waals surface area contributed by atoms with Crippen LogP contribution in [0.2, 0.25) is 0 Å². The Labute approximate surface area is 82.8 Å². The number of halogens is 3. The topological polar surface area (TPSA) is 57.5 Å². The number of benzene rings is 1. The summed E-state index contributed by atoms with van der Waals surface area (Å²) in [5, 5.41) is 17.5. The van der Waals surface area contributed by atoms with Crippen LogP contribution in [-0.2, 0) is 6.42 Å². The molecule has 1 aromatic carbocycles. The molecule has 0 aromatic heterocycles. The minimum Gasteiger partial charge on any atom is -0.508 e. The summed E-state index contributed by atoms with van der Waals surface area (Å²) in [6, 6.07) is 2.77. The van der Waals surface area contributed by atoms with Gasteiger partial charge in [0.15, 0.2) is 0 Å². The SMILES string of the molecule is O=C(O)c1cc(O)ccc1CC(F)(F)F. The van der Waals surface area contributed by atoms with Crippen molar-refractivity contribution < 1.29 is 28.2 Å². The highest BCUT2D eigenvalue weighted by Gasteiger charge is 2.29. The van der Waals surface area contributed by atoms with Crippen LogP contribution in [-0.4, -0.2) is 22.4 Å². The highest BCUT2D eigenvalue weighted by atomic mass is 19.4. The quantitative estimate of drug-likeness (QED) is 0.803. The Balaban J connectivity index is 3.12. The van der Waals surface area contributed by atoms with Gasteiger partial charge in [-0.1, -0.05) is 6.07 Å². The van der Waals surface area contributed by atoms with Gasteiger partial charge in [0.1, 0.15) is 5.75 Å². The Morgan fingerprint density at radius 2 is 1.93 bits per heavy atom. The van der Waals surface area contributed by atoms with Crippen molar-refractivity contribution in [1.29, 1.82) is 0 Å². The van der Waals surface area contributed by atoms with Crippen LogP contribution in [0.1, 0.15) is 15.9 Å². The molecule has 0 aliphatic carbocycles. The smallest absolute Gasteiger partial charge is 0.393 e. The normalized spacial score (nSPS) is 11.4. The molecule has 0 aliphatic heterocycles. The van der Waals surface area contributed by atoms with Crippen LogP contribution in [0.15, 0.2) is 18.2 Å². The molecule has 0 radical (unpaired) electrons. The van der Waals surface area contributed by atoms with Crippen LogP contribution < -0.4 is 0 Å². The van der Waals surface area contributed by atoms with E-state index >= 15 is 0 Å². The van der Waals surface area contributed by atoms with Gasteiger partial charge in [-0.25, -0.2) is 4.79 Å². The summed E-state index contributed by atoms with van der Waals surface area (Å²) in [4.78, 5) is 10.6. The predicted octanol–water partition coefficient (Wildman–Crippen LogP) is 2.20. The molecule has 0 aliphatic rings. The number of carbonyl (C=O) groups is 1. The van der Waals surface area contributed by atoms with Crippen molar-refractivity contribution in [3.05, 3.63) is 29.3 Å². The first-order chi connectivity index (χ1) is 6.79. The van der Waals surface area contributed by atoms with Crippen molar-refractivity contribution in [2.75, 3.05) is 0 Å². The van der Waals surface area contributed by atoms with E-state index in [-0.39, 0.29) is 11.3 Å². The molecule has 0 atom stereocenters. The molecule has 0 fully saturated rings. The highest BCUT2D eigenvalue weighted by molar-refractivity contribution is 5.89. The number of phenolic OH excluding ortho intramolecular Hbond substituents is 1. The monoisotopic (exact) mass is 220 g/mol. The van der Waals surface area contributed by atoms with Gasteiger partial charge in [0.05, 0.1) is 12.0 Å². The summed E-state index contributed by atoms with van der Waals surface area (Å²) in [6.45, 7) is 0. The molecule has 0 bridgehead atoms. The molecule has 0 amide bonds. The maximum atomic E-state index is 12.0. The van der Waals surface area contributed by atoms with Gasteiger partial charge < -0.3 is 10.2 Å². The summed E-state index contributed by atoms with van der Waals surface area (Å²) >= 11 is 0. The van der Waals surface area contributed by atoms with Gasteiger partial charge in [-0.3, -0.25) is 0 Å². The molecule has 0 saturated carbocycles. The van der Waals surface area contributed by atoms with Crippen molar-refractivity contribution in [3.8, 4) is 5.75 Å². The molecular formula is C9H7F3O3. The molecule has 3 nitrogen and oxygen atoms in total. The summed E-state index contributed by atoms with van der Waals surface area (Å²) < 4.78 is 36.1. The van der Waals surface area contributed by atoms with E-state index in [1.807, 2.05) is 0 Å². The zero-order valence-electron chi connectivity index (χ0n) is 7.38. The molecule has 2 N–H and O–H groups in total. The fourth-order valence-electron chi connectivity index (χ4n) is 1.13. The maximum absolute atomic E-state index is 12.0. The standard InChI is InChI=1S/C9H7F3O3/c10-9(11,12)4-5-1-2-6(13)3-7(5)8(14)15/h1-3,13H,4H2,(H,14,15). The first-order valence-electron chi connectivity index (χ1n) is 3.91. The minimum absolute atomic E-state index is 0.368. The van der Waals surface area contributed by atoms with E-state index in [0.717, 1.165) is 18.2 Å². The first-order valence-corrected chi connectivity index (χ1v) is 3.91. The van der Waals surface area contributed by atoms with Gasteiger partial charge in [-0.2, -0.15) is 13.2 Å². The Morgan fingerprint density at radius 1 is 1.33 bits per heavy atom. The zero-order chi connectivity index (χ0) is 11.6. The van der Waals surface area contributed by atoms with Crippen molar-refractivity contribution in [1.82, 2.24) is 0 Å². The predicted molar refractivity (Wildman–Crippen MR) is 44.8 cm³/mol. The zero-order valence-corrected chi connectivity index (χ0v) is 7.38. The lowest BCUT2D eigenvalue weighted by molar-refractivity contribution is -0.127. The molecule has 1 rings (SSSR count). The number of hydrogen-bond donors (Lipinski definition) is 2. The number of alkyl halides is 3. The van der Waals surface area contributed by atoms with Crippen molar-refractivity contribution in [2.45, 2.75) is 12.6 Å². The molecule has 0 saturated heterocycles. The van der Waals surface area contributed by atoms with E-state index in [0.29, 0.717) is 0 Å². The van der Waals surface area contributed by atoms with Gasteiger partial charge in [0, 0.05) is 0 Å². The van der Waals surface area contributed by atoms with Gasteiger partial charge >= 0.3 is 12.1 Å². The number of aromatic carboxylic acids is 1.